The lowest BCUT2D eigenvalue weighted by molar-refractivity contribution is -0.121. The Kier molecular flexibility index (Phi) is 6.16. The Hall–Kier alpha value is -0.260. The Labute approximate surface area is 104 Å². The standard InChI is InChI=1S/C11H23N3OS/c1-9(2)10(16)11(15)13-5-8-14-6-3-12-4-7-14/h9-10,12,16H,3-8H2,1-2H3,(H,13,15). The number of hydrogen-bond donors (Lipinski definition) is 3. The lowest BCUT2D eigenvalue weighted by Crippen LogP contribution is -2.47. The number of hydrogen-bond acceptors (Lipinski definition) is 4. The van der Waals surface area contributed by atoms with E-state index in [1.54, 1.807) is 0 Å². The van der Waals surface area contributed by atoms with Gasteiger partial charge in [-0.1, -0.05) is 13.8 Å². The second-order valence-corrected chi connectivity index (χ2v) is 5.13. The monoisotopic (exact) mass is 245 g/mol. The maximum atomic E-state index is 11.6. The summed E-state index contributed by atoms with van der Waals surface area (Å²) in [7, 11) is 0. The van der Waals surface area contributed by atoms with E-state index in [-0.39, 0.29) is 17.1 Å². The molecule has 5 heteroatoms. The van der Waals surface area contributed by atoms with Gasteiger partial charge in [0, 0.05) is 39.3 Å². The van der Waals surface area contributed by atoms with Crippen molar-refractivity contribution in [2.45, 2.75) is 19.1 Å². The Bertz CT molecular complexity index is 217. The van der Waals surface area contributed by atoms with Gasteiger partial charge < -0.3 is 10.6 Å². The molecule has 1 fully saturated rings. The van der Waals surface area contributed by atoms with Gasteiger partial charge in [0.05, 0.1) is 5.25 Å². The molecule has 2 N–H and O–H groups in total. The van der Waals surface area contributed by atoms with Crippen LogP contribution in [0.2, 0.25) is 0 Å². The van der Waals surface area contributed by atoms with Gasteiger partial charge in [0.15, 0.2) is 0 Å². The number of carbonyl (C=O) groups is 1. The van der Waals surface area contributed by atoms with Crippen molar-refractivity contribution in [1.82, 2.24) is 15.5 Å². The molecule has 1 saturated heterocycles. The lowest BCUT2D eigenvalue weighted by Gasteiger charge is -2.27. The summed E-state index contributed by atoms with van der Waals surface area (Å²) in [4.78, 5) is 14.0. The average Bonchev–Trinajstić information content (AvgIpc) is 2.29. The Morgan fingerprint density at radius 1 is 1.44 bits per heavy atom. The molecule has 1 unspecified atom stereocenters. The third-order valence-electron chi connectivity index (χ3n) is 2.84. The van der Waals surface area contributed by atoms with E-state index in [1.807, 2.05) is 13.8 Å². The molecule has 0 spiro atoms. The highest BCUT2D eigenvalue weighted by Crippen LogP contribution is 2.08. The average molecular weight is 245 g/mol. The minimum absolute atomic E-state index is 0.0495. The van der Waals surface area contributed by atoms with Gasteiger partial charge in [0.25, 0.3) is 0 Å². The summed E-state index contributed by atoms with van der Waals surface area (Å²) >= 11 is 4.28. The molecule has 0 bridgehead atoms. The van der Waals surface area contributed by atoms with Gasteiger partial charge in [0.2, 0.25) is 5.91 Å². The molecule has 0 radical (unpaired) electrons. The maximum Gasteiger partial charge on any atom is 0.233 e. The zero-order valence-corrected chi connectivity index (χ0v) is 11.1. The number of carbonyl (C=O) groups excluding carboxylic acids is 1. The lowest BCUT2D eigenvalue weighted by atomic mass is 10.1. The van der Waals surface area contributed by atoms with Crippen molar-refractivity contribution < 1.29 is 4.79 Å². The Morgan fingerprint density at radius 2 is 2.06 bits per heavy atom. The highest BCUT2D eigenvalue weighted by Gasteiger charge is 2.17. The first kappa shape index (κ1) is 13.8. The van der Waals surface area contributed by atoms with Crippen LogP contribution in [0.15, 0.2) is 0 Å². The van der Waals surface area contributed by atoms with Crippen LogP contribution >= 0.6 is 12.6 Å². The van der Waals surface area contributed by atoms with Crippen LogP contribution in [0.5, 0.6) is 0 Å². The molecule has 1 aliphatic heterocycles. The van der Waals surface area contributed by atoms with Crippen LogP contribution in [-0.2, 0) is 4.79 Å². The summed E-state index contributed by atoms with van der Waals surface area (Å²) in [5.74, 6) is 0.330. The zero-order chi connectivity index (χ0) is 12.0. The molecule has 0 aromatic rings. The number of nitrogens with zero attached hydrogens (tertiary/aromatic N) is 1. The van der Waals surface area contributed by atoms with Gasteiger partial charge in [-0.3, -0.25) is 9.69 Å². The predicted molar refractivity (Wildman–Crippen MR) is 69.9 cm³/mol. The van der Waals surface area contributed by atoms with E-state index in [2.05, 4.69) is 28.2 Å². The fourth-order valence-electron chi connectivity index (χ4n) is 1.68. The van der Waals surface area contributed by atoms with E-state index < -0.39 is 0 Å². The molecule has 0 aromatic carbocycles. The van der Waals surface area contributed by atoms with E-state index >= 15 is 0 Å². The summed E-state index contributed by atoms with van der Waals surface area (Å²) in [5.41, 5.74) is 0. The van der Waals surface area contributed by atoms with Gasteiger partial charge in [-0.2, -0.15) is 12.6 Å². The second-order valence-electron chi connectivity index (χ2n) is 4.57. The minimum atomic E-state index is -0.192. The van der Waals surface area contributed by atoms with Crippen LogP contribution in [0.3, 0.4) is 0 Å². The summed E-state index contributed by atoms with van der Waals surface area (Å²) < 4.78 is 0. The van der Waals surface area contributed by atoms with Crippen molar-refractivity contribution in [3.05, 3.63) is 0 Å². The van der Waals surface area contributed by atoms with Crippen LogP contribution in [0, 0.1) is 5.92 Å². The van der Waals surface area contributed by atoms with Crippen LogP contribution in [-0.4, -0.2) is 55.3 Å². The van der Waals surface area contributed by atoms with Crippen molar-refractivity contribution in [3.8, 4) is 0 Å². The molecule has 4 nitrogen and oxygen atoms in total. The molecule has 1 atom stereocenters. The summed E-state index contributed by atoms with van der Waals surface area (Å²) in [5, 5.41) is 6.05. The van der Waals surface area contributed by atoms with E-state index in [0.717, 1.165) is 39.3 Å². The minimum Gasteiger partial charge on any atom is -0.354 e. The molecule has 1 rings (SSSR count). The third kappa shape index (κ3) is 4.72. The summed E-state index contributed by atoms with van der Waals surface area (Å²) in [6.45, 7) is 9.93. The highest BCUT2D eigenvalue weighted by molar-refractivity contribution is 7.81. The largest absolute Gasteiger partial charge is 0.354 e. The molecule has 1 heterocycles. The van der Waals surface area contributed by atoms with Crippen LogP contribution in [0.25, 0.3) is 0 Å². The molecule has 16 heavy (non-hydrogen) atoms. The first-order valence-electron chi connectivity index (χ1n) is 6.00. The van der Waals surface area contributed by atoms with Gasteiger partial charge in [0.1, 0.15) is 0 Å². The maximum absolute atomic E-state index is 11.6. The Morgan fingerprint density at radius 3 is 2.62 bits per heavy atom. The fraction of sp³-hybridized carbons (Fsp3) is 0.909. The van der Waals surface area contributed by atoms with Crippen molar-refractivity contribution in [1.29, 1.82) is 0 Å². The van der Waals surface area contributed by atoms with Crippen LogP contribution in [0.1, 0.15) is 13.8 Å². The molecule has 1 aliphatic rings. The fourth-order valence-corrected chi connectivity index (χ4v) is 1.77. The number of rotatable bonds is 5. The normalized spacial score (nSPS) is 19.8. The van der Waals surface area contributed by atoms with E-state index in [9.17, 15) is 4.79 Å². The van der Waals surface area contributed by atoms with Gasteiger partial charge in [-0.15, -0.1) is 0 Å². The number of nitrogens with one attached hydrogen (secondary N) is 2. The van der Waals surface area contributed by atoms with Crippen LogP contribution < -0.4 is 10.6 Å². The van der Waals surface area contributed by atoms with Gasteiger partial charge in [-0.25, -0.2) is 0 Å². The second kappa shape index (κ2) is 7.14. The molecule has 1 amide bonds. The first-order chi connectivity index (χ1) is 7.61. The first-order valence-corrected chi connectivity index (χ1v) is 6.51. The van der Waals surface area contributed by atoms with Crippen molar-refractivity contribution >= 4 is 18.5 Å². The number of thiol groups is 1. The topological polar surface area (TPSA) is 44.4 Å². The van der Waals surface area contributed by atoms with E-state index in [0.29, 0.717) is 0 Å². The van der Waals surface area contributed by atoms with Gasteiger partial charge >= 0.3 is 0 Å². The number of amides is 1. The van der Waals surface area contributed by atoms with E-state index in [1.165, 1.54) is 0 Å². The number of piperazine rings is 1. The molecule has 0 aliphatic carbocycles. The van der Waals surface area contributed by atoms with Crippen LogP contribution in [0.4, 0.5) is 0 Å². The molecular formula is C11H23N3OS. The molecular weight excluding hydrogens is 222 g/mol. The molecule has 0 aromatic heterocycles. The Balaban J connectivity index is 2.12. The SMILES string of the molecule is CC(C)C(S)C(=O)NCCN1CCNCC1. The zero-order valence-electron chi connectivity index (χ0n) is 10.2. The quantitative estimate of drug-likeness (QED) is 0.596. The highest BCUT2D eigenvalue weighted by atomic mass is 32.1. The van der Waals surface area contributed by atoms with Crippen molar-refractivity contribution in [2.75, 3.05) is 39.3 Å². The smallest absolute Gasteiger partial charge is 0.233 e. The predicted octanol–water partition coefficient (Wildman–Crippen LogP) is -0.0378. The van der Waals surface area contributed by atoms with Gasteiger partial charge in [-0.05, 0) is 5.92 Å². The molecule has 94 valence electrons. The molecule has 0 saturated carbocycles. The van der Waals surface area contributed by atoms with Crippen molar-refractivity contribution in [2.24, 2.45) is 5.92 Å². The summed E-state index contributed by atoms with van der Waals surface area (Å²) in [6.07, 6.45) is 0. The van der Waals surface area contributed by atoms with Crippen molar-refractivity contribution in [3.63, 3.8) is 0 Å². The third-order valence-corrected chi connectivity index (χ3v) is 3.67. The van der Waals surface area contributed by atoms with E-state index in [4.69, 9.17) is 0 Å². The summed E-state index contributed by atoms with van der Waals surface area (Å²) in [6, 6.07) is 0.